The highest BCUT2D eigenvalue weighted by molar-refractivity contribution is 7.12. The second-order valence-corrected chi connectivity index (χ2v) is 5.49. The smallest absolute Gasteiger partial charge is 0.126 e. The van der Waals surface area contributed by atoms with Crippen LogP contribution in [0.3, 0.4) is 0 Å². The van der Waals surface area contributed by atoms with Crippen LogP contribution in [-0.2, 0) is 6.54 Å². The Bertz CT molecular complexity index is 591. The van der Waals surface area contributed by atoms with Gasteiger partial charge in [0.25, 0.3) is 0 Å². The summed E-state index contributed by atoms with van der Waals surface area (Å²) in [6, 6.07) is 8.34. The van der Waals surface area contributed by atoms with E-state index < -0.39 is 5.82 Å². The first-order valence-corrected chi connectivity index (χ1v) is 6.40. The molecule has 0 fully saturated rings. The van der Waals surface area contributed by atoms with Crippen LogP contribution in [0.5, 0.6) is 0 Å². The number of nitrogens with zero attached hydrogens (tertiary/aromatic N) is 1. The lowest BCUT2D eigenvalue weighted by atomic mass is 10.2. The molecule has 0 saturated heterocycles. The number of nitriles is 1. The van der Waals surface area contributed by atoms with E-state index in [0.29, 0.717) is 17.8 Å². The molecule has 0 atom stereocenters. The molecule has 0 aliphatic heterocycles. The number of halogens is 1. The Hall–Kier alpha value is -1.86. The van der Waals surface area contributed by atoms with Crippen LogP contribution in [0.2, 0.25) is 0 Å². The fourth-order valence-electron chi connectivity index (χ4n) is 1.68. The van der Waals surface area contributed by atoms with Crippen molar-refractivity contribution in [2.75, 3.05) is 5.32 Å². The Morgan fingerprint density at radius 1 is 1.28 bits per heavy atom. The van der Waals surface area contributed by atoms with Crippen molar-refractivity contribution in [1.82, 2.24) is 0 Å². The van der Waals surface area contributed by atoms with Gasteiger partial charge in [-0.25, -0.2) is 4.39 Å². The molecule has 0 unspecified atom stereocenters. The van der Waals surface area contributed by atoms with Crippen molar-refractivity contribution in [3.05, 3.63) is 51.0 Å². The number of aryl methyl sites for hydroxylation is 2. The Morgan fingerprint density at radius 3 is 2.67 bits per heavy atom. The molecule has 0 aliphatic rings. The van der Waals surface area contributed by atoms with E-state index in [1.807, 2.05) is 6.07 Å². The van der Waals surface area contributed by atoms with Crippen molar-refractivity contribution in [2.24, 2.45) is 0 Å². The number of nitrogens with one attached hydrogen (secondary N) is 1. The molecule has 2 nitrogen and oxygen atoms in total. The highest BCUT2D eigenvalue weighted by Crippen LogP contribution is 2.22. The lowest BCUT2D eigenvalue weighted by molar-refractivity contribution is 0.627. The van der Waals surface area contributed by atoms with Gasteiger partial charge in [0.15, 0.2) is 0 Å². The summed E-state index contributed by atoms with van der Waals surface area (Å²) in [6.07, 6.45) is 0. The van der Waals surface area contributed by atoms with Crippen LogP contribution in [0.1, 0.15) is 20.9 Å². The standard InChI is InChI=1S/C14H13FN2S/c1-9-3-14(18-10(9)2)8-17-13-5-11(7-16)4-12(15)6-13/h3-6,17H,8H2,1-2H3. The van der Waals surface area contributed by atoms with Crippen molar-refractivity contribution >= 4 is 17.0 Å². The molecule has 92 valence electrons. The van der Waals surface area contributed by atoms with E-state index in [-0.39, 0.29) is 0 Å². The Kier molecular flexibility index (Phi) is 3.63. The fraction of sp³-hybridized carbons (Fsp3) is 0.214. The summed E-state index contributed by atoms with van der Waals surface area (Å²) in [7, 11) is 0. The molecule has 0 radical (unpaired) electrons. The van der Waals surface area contributed by atoms with Gasteiger partial charge >= 0.3 is 0 Å². The maximum atomic E-state index is 13.2. The lowest BCUT2D eigenvalue weighted by Gasteiger charge is -2.05. The SMILES string of the molecule is Cc1cc(CNc2cc(F)cc(C#N)c2)sc1C. The van der Waals surface area contributed by atoms with E-state index in [9.17, 15) is 4.39 Å². The normalized spacial score (nSPS) is 10.1. The maximum absolute atomic E-state index is 13.2. The van der Waals surface area contributed by atoms with Crippen molar-refractivity contribution in [2.45, 2.75) is 20.4 Å². The first kappa shape index (κ1) is 12.6. The fourth-order valence-corrected chi connectivity index (χ4v) is 2.68. The third-order valence-electron chi connectivity index (χ3n) is 2.71. The molecule has 2 aromatic rings. The molecule has 1 aromatic heterocycles. The molecule has 4 heteroatoms. The van der Waals surface area contributed by atoms with E-state index in [4.69, 9.17) is 5.26 Å². The van der Waals surface area contributed by atoms with Crippen LogP contribution in [0, 0.1) is 31.0 Å². The number of benzene rings is 1. The van der Waals surface area contributed by atoms with Gasteiger partial charge in [0, 0.05) is 22.0 Å². The van der Waals surface area contributed by atoms with Gasteiger partial charge in [-0.3, -0.25) is 0 Å². The van der Waals surface area contributed by atoms with Crippen molar-refractivity contribution in [3.63, 3.8) is 0 Å². The van der Waals surface area contributed by atoms with Crippen molar-refractivity contribution < 1.29 is 4.39 Å². The Labute approximate surface area is 110 Å². The zero-order valence-electron chi connectivity index (χ0n) is 10.2. The summed E-state index contributed by atoms with van der Waals surface area (Å²) in [5.74, 6) is -0.393. The van der Waals surface area contributed by atoms with Gasteiger partial charge in [0.05, 0.1) is 11.6 Å². The van der Waals surface area contributed by atoms with E-state index in [1.54, 1.807) is 17.4 Å². The monoisotopic (exact) mass is 260 g/mol. The first-order valence-electron chi connectivity index (χ1n) is 5.59. The second-order valence-electron chi connectivity index (χ2n) is 4.15. The van der Waals surface area contributed by atoms with Gasteiger partial charge in [0.2, 0.25) is 0 Å². The Morgan fingerprint density at radius 2 is 2.06 bits per heavy atom. The molecular formula is C14H13FN2S. The average Bonchev–Trinajstić information content (AvgIpc) is 2.65. The first-order chi connectivity index (χ1) is 8.58. The number of anilines is 1. The summed E-state index contributed by atoms with van der Waals surface area (Å²) >= 11 is 1.73. The minimum absolute atomic E-state index is 0.330. The molecule has 0 amide bonds. The van der Waals surface area contributed by atoms with Crippen molar-refractivity contribution in [3.8, 4) is 6.07 Å². The van der Waals surface area contributed by atoms with Gasteiger partial charge < -0.3 is 5.32 Å². The van der Waals surface area contributed by atoms with Crippen LogP contribution in [0.25, 0.3) is 0 Å². The summed E-state index contributed by atoms with van der Waals surface area (Å²) in [5, 5.41) is 11.9. The topological polar surface area (TPSA) is 35.8 Å². The zero-order valence-corrected chi connectivity index (χ0v) is 11.1. The third-order valence-corrected chi connectivity index (χ3v) is 3.86. The summed E-state index contributed by atoms with van der Waals surface area (Å²) in [6.45, 7) is 4.80. The van der Waals surface area contributed by atoms with Crippen LogP contribution in [0.4, 0.5) is 10.1 Å². The van der Waals surface area contributed by atoms with Gasteiger partial charge in [-0.15, -0.1) is 11.3 Å². The van der Waals surface area contributed by atoms with Crippen LogP contribution < -0.4 is 5.32 Å². The zero-order chi connectivity index (χ0) is 13.1. The molecule has 0 bridgehead atoms. The van der Waals surface area contributed by atoms with E-state index in [2.05, 4.69) is 25.2 Å². The van der Waals surface area contributed by atoms with E-state index in [0.717, 1.165) is 0 Å². The van der Waals surface area contributed by atoms with Crippen LogP contribution in [0.15, 0.2) is 24.3 Å². The van der Waals surface area contributed by atoms with E-state index in [1.165, 1.54) is 27.5 Å². The van der Waals surface area contributed by atoms with Gasteiger partial charge in [0.1, 0.15) is 5.82 Å². The van der Waals surface area contributed by atoms with Crippen LogP contribution in [-0.4, -0.2) is 0 Å². The predicted molar refractivity (Wildman–Crippen MR) is 72.2 cm³/mol. The summed E-state index contributed by atoms with van der Waals surface area (Å²) < 4.78 is 13.2. The summed E-state index contributed by atoms with van der Waals surface area (Å²) in [5.41, 5.74) is 2.24. The predicted octanol–water partition coefficient (Wildman–Crippen LogP) is 3.99. The highest BCUT2D eigenvalue weighted by atomic mass is 32.1. The maximum Gasteiger partial charge on any atom is 0.126 e. The molecule has 0 spiro atoms. The number of thiophene rings is 1. The van der Waals surface area contributed by atoms with Gasteiger partial charge in [-0.1, -0.05) is 0 Å². The summed E-state index contributed by atoms with van der Waals surface area (Å²) in [4.78, 5) is 2.50. The number of rotatable bonds is 3. The Balaban J connectivity index is 2.11. The molecule has 1 heterocycles. The molecule has 0 saturated carbocycles. The van der Waals surface area contributed by atoms with E-state index >= 15 is 0 Å². The average molecular weight is 260 g/mol. The number of hydrogen-bond donors (Lipinski definition) is 1. The minimum atomic E-state index is -0.393. The largest absolute Gasteiger partial charge is 0.380 e. The van der Waals surface area contributed by atoms with Crippen LogP contribution >= 0.6 is 11.3 Å². The minimum Gasteiger partial charge on any atom is -0.380 e. The van der Waals surface area contributed by atoms with Gasteiger partial charge in [-0.2, -0.15) is 5.26 Å². The molecule has 0 aliphatic carbocycles. The molecular weight excluding hydrogens is 247 g/mol. The second kappa shape index (κ2) is 5.19. The third kappa shape index (κ3) is 2.88. The van der Waals surface area contributed by atoms with Gasteiger partial charge in [-0.05, 0) is 43.7 Å². The van der Waals surface area contributed by atoms with Crippen molar-refractivity contribution in [1.29, 1.82) is 5.26 Å². The number of hydrogen-bond acceptors (Lipinski definition) is 3. The highest BCUT2D eigenvalue weighted by Gasteiger charge is 2.03. The molecule has 2 rings (SSSR count). The lowest BCUT2D eigenvalue weighted by Crippen LogP contribution is -1.98. The molecule has 1 N–H and O–H groups in total. The molecule has 18 heavy (non-hydrogen) atoms. The quantitative estimate of drug-likeness (QED) is 0.905. The molecule has 1 aromatic carbocycles.